The number of fused-ring (bicyclic) bond motifs is 1. The molecule has 1 heterocycles. The van der Waals surface area contributed by atoms with Crippen LogP contribution in [0.5, 0.6) is 0 Å². The maximum Gasteiger partial charge on any atom is 0.323 e. The molecule has 0 fully saturated rings. The van der Waals surface area contributed by atoms with Crippen LogP contribution in [0.15, 0.2) is 41.2 Å². The van der Waals surface area contributed by atoms with Crippen LogP contribution < -0.4 is 11.0 Å². The highest BCUT2D eigenvalue weighted by Gasteiger charge is 2.13. The summed E-state index contributed by atoms with van der Waals surface area (Å²) in [5.74, 6) is 0. The molecule has 0 atom stereocenters. The number of benzene rings is 2. The van der Waals surface area contributed by atoms with E-state index in [0.717, 1.165) is 16.6 Å². The summed E-state index contributed by atoms with van der Waals surface area (Å²) < 4.78 is 0. The topological polar surface area (TPSA) is 104 Å². The number of nitro groups is 1. The molecule has 0 aliphatic carbocycles. The third-order valence-corrected chi connectivity index (χ3v) is 3.41. The van der Waals surface area contributed by atoms with Crippen molar-refractivity contribution in [1.29, 1.82) is 0 Å². The zero-order chi connectivity index (χ0) is 15.7. The quantitative estimate of drug-likeness (QED) is 0.509. The second kappa shape index (κ2) is 5.36. The van der Waals surface area contributed by atoms with Crippen molar-refractivity contribution in [3.05, 3.63) is 68.1 Å². The molecular weight excluding hydrogens is 284 g/mol. The molecule has 0 saturated carbocycles. The average molecular weight is 298 g/mol. The second-order valence-electron chi connectivity index (χ2n) is 5.09. The fraction of sp³-hybridized carbons (Fsp3) is 0.133. The lowest BCUT2D eigenvalue weighted by molar-refractivity contribution is -0.384. The van der Waals surface area contributed by atoms with Gasteiger partial charge >= 0.3 is 5.69 Å². The maximum atomic E-state index is 11.2. The largest absolute Gasteiger partial charge is 0.375 e. The highest BCUT2D eigenvalue weighted by Crippen LogP contribution is 2.26. The second-order valence-corrected chi connectivity index (χ2v) is 5.09. The number of rotatable bonds is 4. The van der Waals surface area contributed by atoms with Gasteiger partial charge in [0.05, 0.1) is 16.0 Å². The Morgan fingerprint density at radius 2 is 1.91 bits per heavy atom. The minimum absolute atomic E-state index is 0.0433. The number of anilines is 1. The van der Waals surface area contributed by atoms with Gasteiger partial charge in [-0.2, -0.15) is 0 Å². The van der Waals surface area contributed by atoms with E-state index in [9.17, 15) is 14.9 Å². The first kappa shape index (κ1) is 13.9. The molecule has 0 unspecified atom stereocenters. The zero-order valence-corrected chi connectivity index (χ0v) is 11.8. The van der Waals surface area contributed by atoms with Crippen LogP contribution in [0, 0.1) is 17.0 Å². The third kappa shape index (κ3) is 2.69. The first-order valence-corrected chi connectivity index (χ1v) is 6.73. The standard InChI is InChI=1S/C15H14N4O3/c1-9-2-5-14(19(21)22)13(6-9)16-8-10-3-4-11-12(7-10)18-15(20)17-11/h2-7,16H,8H2,1H3,(H2,17,18,20). The van der Waals surface area contributed by atoms with E-state index < -0.39 is 4.92 Å². The van der Waals surface area contributed by atoms with Gasteiger partial charge in [0, 0.05) is 12.6 Å². The summed E-state index contributed by atoms with van der Waals surface area (Å²) >= 11 is 0. The van der Waals surface area contributed by atoms with Crippen molar-refractivity contribution < 1.29 is 4.92 Å². The molecule has 3 rings (SSSR count). The summed E-state index contributed by atoms with van der Waals surface area (Å²) in [5, 5.41) is 14.1. The van der Waals surface area contributed by atoms with Crippen LogP contribution in [0.2, 0.25) is 0 Å². The normalized spacial score (nSPS) is 10.8. The van der Waals surface area contributed by atoms with Crippen LogP contribution >= 0.6 is 0 Å². The lowest BCUT2D eigenvalue weighted by Crippen LogP contribution is -2.03. The number of nitrogens with one attached hydrogen (secondary N) is 3. The smallest absolute Gasteiger partial charge is 0.323 e. The predicted molar refractivity (Wildman–Crippen MR) is 84.1 cm³/mol. The third-order valence-electron chi connectivity index (χ3n) is 3.41. The van der Waals surface area contributed by atoms with Crippen LogP contribution in [0.3, 0.4) is 0 Å². The maximum absolute atomic E-state index is 11.2. The van der Waals surface area contributed by atoms with Gasteiger partial charge in [-0.25, -0.2) is 4.79 Å². The van der Waals surface area contributed by atoms with Crippen molar-refractivity contribution in [1.82, 2.24) is 9.97 Å². The van der Waals surface area contributed by atoms with Crippen molar-refractivity contribution in [3.8, 4) is 0 Å². The Labute approximate surface area is 125 Å². The molecule has 0 aliphatic heterocycles. The predicted octanol–water partition coefficient (Wildman–Crippen LogP) is 2.68. The van der Waals surface area contributed by atoms with Gasteiger partial charge in [-0.3, -0.25) is 10.1 Å². The summed E-state index contributed by atoms with van der Waals surface area (Å²) in [5.41, 5.74) is 3.57. The molecule has 3 aromatic rings. The van der Waals surface area contributed by atoms with Crippen LogP contribution in [0.25, 0.3) is 11.0 Å². The molecule has 0 saturated heterocycles. The van der Waals surface area contributed by atoms with Crippen molar-refractivity contribution in [2.45, 2.75) is 13.5 Å². The molecule has 1 aromatic heterocycles. The van der Waals surface area contributed by atoms with Crippen LogP contribution in [0.1, 0.15) is 11.1 Å². The molecule has 0 radical (unpaired) electrons. The number of aromatic amines is 2. The fourth-order valence-corrected chi connectivity index (χ4v) is 2.34. The van der Waals surface area contributed by atoms with E-state index in [1.807, 2.05) is 19.1 Å². The summed E-state index contributed by atoms with van der Waals surface area (Å²) in [6, 6.07) is 10.4. The Morgan fingerprint density at radius 1 is 1.14 bits per heavy atom. The van der Waals surface area contributed by atoms with Crippen molar-refractivity contribution >= 4 is 22.4 Å². The number of aromatic nitrogens is 2. The van der Waals surface area contributed by atoms with Gasteiger partial charge in [0.1, 0.15) is 5.69 Å². The van der Waals surface area contributed by atoms with Crippen LogP contribution in [-0.2, 0) is 6.54 Å². The lowest BCUT2D eigenvalue weighted by atomic mass is 10.1. The highest BCUT2D eigenvalue weighted by molar-refractivity contribution is 5.75. The Kier molecular flexibility index (Phi) is 3.38. The fourth-order valence-electron chi connectivity index (χ4n) is 2.34. The molecule has 3 N–H and O–H groups in total. The van der Waals surface area contributed by atoms with E-state index in [4.69, 9.17) is 0 Å². The molecule has 0 bridgehead atoms. The van der Waals surface area contributed by atoms with Gasteiger partial charge < -0.3 is 15.3 Å². The minimum atomic E-state index is -0.408. The van der Waals surface area contributed by atoms with Crippen LogP contribution in [0.4, 0.5) is 11.4 Å². The number of H-pyrrole nitrogens is 2. The Balaban J connectivity index is 1.85. The number of hydrogen-bond acceptors (Lipinski definition) is 4. The molecule has 22 heavy (non-hydrogen) atoms. The Morgan fingerprint density at radius 3 is 2.68 bits per heavy atom. The van der Waals surface area contributed by atoms with Gasteiger partial charge in [-0.1, -0.05) is 12.1 Å². The first-order chi connectivity index (χ1) is 10.5. The van der Waals surface area contributed by atoms with Gasteiger partial charge in [-0.15, -0.1) is 0 Å². The molecule has 2 aromatic carbocycles. The van der Waals surface area contributed by atoms with Crippen molar-refractivity contribution in [2.75, 3.05) is 5.32 Å². The monoisotopic (exact) mass is 298 g/mol. The first-order valence-electron chi connectivity index (χ1n) is 6.73. The number of nitro benzene ring substituents is 1. The Hall–Kier alpha value is -3.09. The van der Waals surface area contributed by atoms with Crippen LogP contribution in [-0.4, -0.2) is 14.9 Å². The molecule has 7 nitrogen and oxygen atoms in total. The van der Waals surface area contributed by atoms with Crippen molar-refractivity contribution in [3.63, 3.8) is 0 Å². The molecule has 7 heteroatoms. The van der Waals surface area contributed by atoms with E-state index in [1.54, 1.807) is 18.2 Å². The van der Waals surface area contributed by atoms with Gasteiger partial charge in [-0.05, 0) is 36.2 Å². The SMILES string of the molecule is Cc1ccc([N+](=O)[O-])c(NCc2ccc3[nH]c(=O)[nH]c3c2)c1. The van der Waals surface area contributed by atoms with Gasteiger partial charge in [0.25, 0.3) is 5.69 Å². The molecule has 0 aliphatic rings. The summed E-state index contributed by atoms with van der Waals surface area (Å²) in [6.07, 6.45) is 0. The lowest BCUT2D eigenvalue weighted by Gasteiger charge is -2.08. The molecular formula is C15H14N4O3. The van der Waals surface area contributed by atoms with Crippen molar-refractivity contribution in [2.24, 2.45) is 0 Å². The molecule has 0 amide bonds. The zero-order valence-electron chi connectivity index (χ0n) is 11.8. The number of nitrogens with zero attached hydrogens (tertiary/aromatic N) is 1. The summed E-state index contributed by atoms with van der Waals surface area (Å²) in [7, 11) is 0. The average Bonchev–Trinajstić information content (AvgIpc) is 2.84. The van der Waals surface area contributed by atoms with Gasteiger partial charge in [0.15, 0.2) is 0 Å². The Bertz CT molecular complexity index is 911. The van der Waals surface area contributed by atoms with E-state index in [0.29, 0.717) is 17.7 Å². The molecule has 112 valence electrons. The van der Waals surface area contributed by atoms with E-state index in [2.05, 4.69) is 15.3 Å². The summed E-state index contributed by atoms with van der Waals surface area (Å²) in [4.78, 5) is 27.2. The van der Waals surface area contributed by atoms with E-state index in [1.165, 1.54) is 6.07 Å². The number of aryl methyl sites for hydroxylation is 1. The number of imidazole rings is 1. The summed E-state index contributed by atoms with van der Waals surface area (Å²) in [6.45, 7) is 2.30. The van der Waals surface area contributed by atoms with Gasteiger partial charge in [0.2, 0.25) is 0 Å². The van der Waals surface area contributed by atoms with E-state index in [-0.39, 0.29) is 11.4 Å². The number of hydrogen-bond donors (Lipinski definition) is 3. The van der Waals surface area contributed by atoms with E-state index >= 15 is 0 Å². The highest BCUT2D eigenvalue weighted by atomic mass is 16.6. The molecule has 0 spiro atoms. The minimum Gasteiger partial charge on any atom is -0.375 e.